The van der Waals surface area contributed by atoms with Crippen molar-refractivity contribution in [3.8, 4) is 42.2 Å². The number of nitrogens with one attached hydrogen (secondary N) is 1. The van der Waals surface area contributed by atoms with Gasteiger partial charge in [0.1, 0.15) is 59.6 Å². The molecule has 630 valence electrons. The number of H-pyrrole nitrogens is 1. The predicted molar refractivity (Wildman–Crippen MR) is 387 cm³/mol. The minimum atomic E-state index is -1.62. The van der Waals surface area contributed by atoms with E-state index in [4.69, 9.17) is 36.3 Å². The van der Waals surface area contributed by atoms with Crippen molar-refractivity contribution < 1.29 is 94.6 Å². The Kier molecular flexibility index (Phi) is 28.2. The highest BCUT2D eigenvalue weighted by Gasteiger charge is 2.39. The molecule has 0 saturated carbocycles. The summed E-state index contributed by atoms with van der Waals surface area (Å²) in [6, 6.07) is 21.0. The van der Waals surface area contributed by atoms with Crippen LogP contribution < -0.4 is 4.74 Å². The Balaban J connectivity index is 0.000000147. The molecule has 29 nitrogen and oxygen atoms in total. The third kappa shape index (κ3) is 21.1. The van der Waals surface area contributed by atoms with E-state index in [1.807, 2.05) is 36.4 Å². The van der Waals surface area contributed by atoms with Gasteiger partial charge in [0.15, 0.2) is 104 Å². The lowest BCUT2D eigenvalue weighted by atomic mass is 9.97. The molecule has 1 N–H and O–H groups in total. The first kappa shape index (κ1) is 88.2. The van der Waals surface area contributed by atoms with Gasteiger partial charge in [-0.15, -0.1) is 0 Å². The van der Waals surface area contributed by atoms with Gasteiger partial charge in [0.25, 0.3) is 0 Å². The smallest absolute Gasteiger partial charge is 0.227 e. The van der Waals surface area contributed by atoms with Gasteiger partial charge in [-0.2, -0.15) is 36.0 Å². The van der Waals surface area contributed by atoms with E-state index in [-0.39, 0.29) is 167 Å². The van der Waals surface area contributed by atoms with Crippen LogP contribution in [0.1, 0.15) is 112 Å². The molecular formula is C79H58F15N23O6. The lowest BCUT2D eigenvalue weighted by molar-refractivity contribution is -0.130. The Morgan fingerprint density at radius 3 is 1.06 bits per heavy atom. The minimum Gasteiger partial charge on any atom is -0.485 e. The second-order valence-corrected chi connectivity index (χ2v) is 27.6. The number of carbonyl (C=O) groups is 5. The van der Waals surface area contributed by atoms with Crippen LogP contribution in [0.25, 0.3) is 0 Å². The normalized spacial score (nSPS) is 16.9. The molecule has 5 fully saturated rings. The Bertz CT molecular complexity index is 5910. The zero-order chi connectivity index (χ0) is 88.6. The number of hydrogen-bond donors (Lipinski definition) is 1. The van der Waals surface area contributed by atoms with Crippen LogP contribution in [-0.4, -0.2) is 151 Å². The molecule has 5 atom stereocenters. The summed E-state index contributed by atoms with van der Waals surface area (Å²) in [6.07, 6.45) is 16.6. The zero-order valence-corrected chi connectivity index (χ0v) is 63.2. The van der Waals surface area contributed by atoms with Gasteiger partial charge in [0.05, 0.1) is 103 Å². The number of ether oxygens (including phenoxy) is 1. The van der Waals surface area contributed by atoms with Crippen molar-refractivity contribution >= 4 is 29.5 Å². The van der Waals surface area contributed by atoms with Gasteiger partial charge in [-0.3, -0.25) is 24.0 Å². The molecule has 0 bridgehead atoms. The standard InChI is InChI=1S/C15H11F3N4O2.4C15H11F3N4O.C4H3N3/c16-11-1-2-12(15(18)14(11)17)24-10-3-13(23)21(6-10)8-22-7-20-5-9(22)4-19;16-12-1-9(2-13(17)15(12)18)10-3-14(23)22(5-10)8-21-6-11(4-19)20-7-21;16-12-2-1-11(14(17)15(12)18)9-3-13(23)21(6-9)8-22-7-20-5-10(22)4-19;2*16-12-2-1-11(14(17)15(12)18)9-3-13(23)22(5-9)8-21-6-10(4-19)20-7-21;5-1-4-2-6-3-7-4/h1-2,5,7,10H,3,6,8H2;1-2,6-7,10H,3,5,8H2;1-2,5,7,9H,3,6,8H2;2*1-2,6-7,9H,3,5,8H2;2-3H,(H,6,7). The van der Waals surface area contributed by atoms with E-state index >= 15 is 0 Å². The monoisotopic (exact) mass is 1710 g/mol. The van der Waals surface area contributed by atoms with Gasteiger partial charge >= 0.3 is 0 Å². The first-order valence-electron chi connectivity index (χ1n) is 36.1. The van der Waals surface area contributed by atoms with E-state index in [1.165, 1.54) is 121 Å². The molecule has 16 rings (SSSR count). The molecule has 6 aromatic heterocycles. The maximum Gasteiger partial charge on any atom is 0.227 e. The number of amides is 5. The summed E-state index contributed by atoms with van der Waals surface area (Å²) in [7, 11) is 0. The second-order valence-electron chi connectivity index (χ2n) is 27.6. The summed E-state index contributed by atoms with van der Waals surface area (Å²) in [5.74, 6) is -24.2. The number of carbonyl (C=O) groups excluding carboxylic acids is 5. The van der Waals surface area contributed by atoms with E-state index in [2.05, 4.69) is 34.9 Å². The summed E-state index contributed by atoms with van der Waals surface area (Å²) in [5.41, 5.74) is 1.97. The Hall–Kier alpha value is -15.6. The predicted octanol–water partition coefficient (Wildman–Crippen LogP) is 10.7. The fourth-order valence-corrected chi connectivity index (χ4v) is 13.4. The van der Waals surface area contributed by atoms with Gasteiger partial charge in [0.2, 0.25) is 35.4 Å². The topological polar surface area (TPSA) is 371 Å². The van der Waals surface area contributed by atoms with Crippen LogP contribution in [0.3, 0.4) is 0 Å². The van der Waals surface area contributed by atoms with Crippen molar-refractivity contribution in [2.24, 2.45) is 0 Å². The third-order valence-corrected chi connectivity index (χ3v) is 19.5. The van der Waals surface area contributed by atoms with Crippen molar-refractivity contribution in [2.75, 3.05) is 32.7 Å². The first-order valence-corrected chi connectivity index (χ1v) is 36.1. The number of aromatic amines is 1. The van der Waals surface area contributed by atoms with Crippen LogP contribution in [0, 0.1) is 155 Å². The van der Waals surface area contributed by atoms with E-state index in [1.54, 1.807) is 13.7 Å². The van der Waals surface area contributed by atoms with Gasteiger partial charge in [0, 0.05) is 94.1 Å². The summed E-state index contributed by atoms with van der Waals surface area (Å²) in [5, 5.41) is 52.1. The van der Waals surface area contributed by atoms with Crippen molar-refractivity contribution in [2.45, 2.75) is 95.2 Å². The number of nitriles is 6. The molecule has 11 heterocycles. The molecule has 5 unspecified atom stereocenters. The van der Waals surface area contributed by atoms with Crippen LogP contribution in [-0.2, 0) is 57.3 Å². The molecule has 44 heteroatoms. The number of aromatic nitrogens is 12. The van der Waals surface area contributed by atoms with E-state index in [9.17, 15) is 89.8 Å². The number of rotatable bonds is 16. The lowest BCUT2D eigenvalue weighted by Crippen LogP contribution is -2.29. The minimum absolute atomic E-state index is 0.00141. The molecule has 5 saturated heterocycles. The van der Waals surface area contributed by atoms with Crippen molar-refractivity contribution in [3.05, 3.63) is 279 Å². The van der Waals surface area contributed by atoms with Crippen molar-refractivity contribution in [3.63, 3.8) is 0 Å². The largest absolute Gasteiger partial charge is 0.485 e. The quantitative estimate of drug-likeness (QED) is 0.0693. The number of nitrogens with zero attached hydrogens (tertiary/aromatic N) is 22. The molecule has 5 aliphatic heterocycles. The summed E-state index contributed by atoms with van der Waals surface area (Å²) < 4.78 is 213. The van der Waals surface area contributed by atoms with Crippen LogP contribution in [0.5, 0.6) is 5.75 Å². The summed E-state index contributed by atoms with van der Waals surface area (Å²) in [4.78, 5) is 92.8. The third-order valence-electron chi connectivity index (χ3n) is 19.5. The van der Waals surface area contributed by atoms with Crippen LogP contribution in [0.2, 0.25) is 0 Å². The fourth-order valence-electron chi connectivity index (χ4n) is 13.4. The molecule has 0 aliphatic carbocycles. The van der Waals surface area contributed by atoms with Crippen LogP contribution in [0.15, 0.2) is 136 Å². The van der Waals surface area contributed by atoms with Gasteiger partial charge < -0.3 is 57.1 Å². The van der Waals surface area contributed by atoms with Crippen molar-refractivity contribution in [1.82, 2.24) is 82.2 Å². The lowest BCUT2D eigenvalue weighted by Gasteiger charge is -2.18. The SMILES string of the molecule is N#Cc1cn(CN2CC(c3cc(F)c(F)c(F)c3)CC2=O)cn1.N#Cc1cn(CN2CC(c3ccc(F)c(F)c3F)CC2=O)cn1.N#Cc1cn(CN2CC(c3ccc(F)c(F)c3F)CC2=O)cn1.N#Cc1cnc[nH]1.N#Cc1cncn1CN1CC(Oc2ccc(F)c(F)c2F)CC1=O.N#Cc1cncn1CN1CC(c2ccc(F)c(F)c2F)CC1=O. The molecule has 123 heavy (non-hydrogen) atoms. The van der Waals surface area contributed by atoms with Crippen LogP contribution in [0.4, 0.5) is 65.9 Å². The highest BCUT2D eigenvalue weighted by molar-refractivity contribution is 5.81. The molecule has 11 aromatic rings. The number of halogens is 15. The maximum atomic E-state index is 13.9. The van der Waals surface area contributed by atoms with Gasteiger partial charge in [-0.25, -0.2) is 91.4 Å². The van der Waals surface area contributed by atoms with Crippen molar-refractivity contribution in [1.29, 1.82) is 31.6 Å². The number of imidazole rings is 6. The molecule has 5 aromatic carbocycles. The molecule has 0 spiro atoms. The summed E-state index contributed by atoms with van der Waals surface area (Å²) in [6.45, 7) is 1.61. The second kappa shape index (κ2) is 39.3. The highest BCUT2D eigenvalue weighted by Crippen LogP contribution is 2.37. The van der Waals surface area contributed by atoms with E-state index < -0.39 is 123 Å². The van der Waals surface area contributed by atoms with Gasteiger partial charge in [-0.05, 0) is 64.7 Å². The molecule has 5 amide bonds. The van der Waals surface area contributed by atoms with E-state index in [0.717, 1.165) is 48.5 Å². The number of benzene rings is 5. The molecule has 5 aliphatic rings. The molecule has 0 radical (unpaired) electrons. The highest BCUT2D eigenvalue weighted by atomic mass is 19.2. The maximum absolute atomic E-state index is 13.9. The average molecular weight is 1710 g/mol. The summed E-state index contributed by atoms with van der Waals surface area (Å²) >= 11 is 0. The number of likely N-dealkylation sites (tertiary alicyclic amines) is 5. The van der Waals surface area contributed by atoms with E-state index in [0.29, 0.717) is 17.1 Å². The average Bonchev–Trinajstić information content (AvgIpc) is 1.25. The Morgan fingerprint density at radius 2 is 0.707 bits per heavy atom. The fraction of sp³-hybridized carbons (Fsp3) is 0.253. The van der Waals surface area contributed by atoms with Crippen LogP contribution >= 0.6 is 0 Å². The Labute approximate surface area is 684 Å². The van der Waals surface area contributed by atoms with Gasteiger partial charge in [-0.1, -0.05) is 18.2 Å². The Morgan fingerprint density at radius 1 is 0.358 bits per heavy atom. The first-order chi connectivity index (χ1) is 58.9. The number of hydrogen-bond acceptors (Lipinski definition) is 18. The molecular weight excluding hydrogens is 1650 g/mol. The zero-order valence-electron chi connectivity index (χ0n) is 63.2.